The number of anilines is 1. The molecule has 28 heavy (non-hydrogen) atoms. The molecule has 2 rings (SSSR count). The first kappa shape index (κ1) is 22.1. The fraction of sp³-hybridized carbons (Fsp3) is 0.278. The molecule has 2 aromatic rings. The second kappa shape index (κ2) is 9.36. The lowest BCUT2D eigenvalue weighted by Crippen LogP contribution is -2.36. The Balaban J connectivity index is 2.61. The van der Waals surface area contributed by atoms with Gasteiger partial charge in [0, 0.05) is 6.07 Å². The van der Waals surface area contributed by atoms with Gasteiger partial charge >= 0.3 is 5.97 Å². The minimum Gasteiger partial charge on any atom is -0.493 e. The molecule has 0 unspecified atom stereocenters. The molecule has 0 radical (unpaired) electrons. The molecule has 0 aliphatic rings. The molecular formula is C18H19Cl2NO6S. The van der Waals surface area contributed by atoms with Gasteiger partial charge in [0.05, 0.1) is 41.5 Å². The number of carbonyl (C=O) groups is 1. The van der Waals surface area contributed by atoms with E-state index in [-0.39, 0.29) is 33.0 Å². The van der Waals surface area contributed by atoms with Crippen molar-refractivity contribution in [1.29, 1.82) is 0 Å². The predicted molar refractivity (Wildman–Crippen MR) is 107 cm³/mol. The highest BCUT2D eigenvalue weighted by Gasteiger charge is 2.30. The highest BCUT2D eigenvalue weighted by molar-refractivity contribution is 7.92. The average Bonchev–Trinajstić information content (AvgIpc) is 2.68. The van der Waals surface area contributed by atoms with Gasteiger partial charge in [-0.05, 0) is 31.2 Å². The summed E-state index contributed by atoms with van der Waals surface area (Å²) in [5, 5.41) is 0.146. The molecule has 0 aliphatic carbocycles. The minimum absolute atomic E-state index is 0.00230. The number of esters is 1. The van der Waals surface area contributed by atoms with Crippen molar-refractivity contribution >= 4 is 44.9 Å². The summed E-state index contributed by atoms with van der Waals surface area (Å²) in [5.74, 6) is -0.154. The van der Waals surface area contributed by atoms with Crippen molar-refractivity contribution in [3.63, 3.8) is 0 Å². The molecule has 10 heteroatoms. The standard InChI is InChI=1S/C18H19Cl2NO6S/c1-4-27-17(22)11-21(14-7-5-6-13(19)18(14)20)28(23,24)12-8-9-15(25-2)16(10-12)26-3/h5-10H,4,11H2,1-3H3. The van der Waals surface area contributed by atoms with E-state index in [1.54, 1.807) is 6.92 Å². The van der Waals surface area contributed by atoms with Crippen molar-refractivity contribution in [2.45, 2.75) is 11.8 Å². The number of nitrogens with zero attached hydrogens (tertiary/aromatic N) is 1. The average molecular weight is 448 g/mol. The quantitative estimate of drug-likeness (QED) is 0.572. The van der Waals surface area contributed by atoms with E-state index >= 15 is 0 Å². The second-order valence-corrected chi connectivity index (χ2v) is 8.05. The maximum atomic E-state index is 13.3. The fourth-order valence-electron chi connectivity index (χ4n) is 2.41. The molecular weight excluding hydrogens is 429 g/mol. The van der Waals surface area contributed by atoms with Crippen molar-refractivity contribution in [2.75, 3.05) is 31.7 Å². The van der Waals surface area contributed by atoms with Crippen molar-refractivity contribution < 1.29 is 27.4 Å². The van der Waals surface area contributed by atoms with Gasteiger partial charge in [-0.2, -0.15) is 0 Å². The summed E-state index contributed by atoms with van der Waals surface area (Å²) in [5.41, 5.74) is 0.0528. The Morgan fingerprint density at radius 2 is 1.75 bits per heavy atom. The number of rotatable bonds is 8. The lowest BCUT2D eigenvalue weighted by Gasteiger charge is -2.25. The van der Waals surface area contributed by atoms with Crippen LogP contribution in [0.5, 0.6) is 11.5 Å². The van der Waals surface area contributed by atoms with Crippen LogP contribution in [-0.2, 0) is 19.6 Å². The van der Waals surface area contributed by atoms with Crippen molar-refractivity contribution in [2.24, 2.45) is 0 Å². The second-order valence-electron chi connectivity index (χ2n) is 5.41. The Morgan fingerprint density at radius 3 is 2.36 bits per heavy atom. The Bertz CT molecular complexity index is 965. The molecule has 0 aliphatic heterocycles. The molecule has 0 atom stereocenters. The summed E-state index contributed by atoms with van der Waals surface area (Å²) in [6.45, 7) is 1.15. The number of methoxy groups -OCH3 is 2. The van der Waals surface area contributed by atoms with Crippen LogP contribution in [-0.4, -0.2) is 41.8 Å². The van der Waals surface area contributed by atoms with E-state index in [0.717, 1.165) is 4.31 Å². The summed E-state index contributed by atoms with van der Waals surface area (Å²) in [6.07, 6.45) is 0. The summed E-state index contributed by atoms with van der Waals surface area (Å²) in [6, 6.07) is 8.59. The normalized spacial score (nSPS) is 11.0. The zero-order valence-corrected chi connectivity index (χ0v) is 17.8. The molecule has 0 heterocycles. The Labute approximate surface area is 173 Å². The monoisotopic (exact) mass is 447 g/mol. The van der Waals surface area contributed by atoms with Gasteiger partial charge in [-0.1, -0.05) is 29.3 Å². The molecule has 7 nitrogen and oxygen atoms in total. The Kier molecular flexibility index (Phi) is 7.40. The smallest absolute Gasteiger partial charge is 0.326 e. The van der Waals surface area contributed by atoms with Crippen LogP contribution in [0.3, 0.4) is 0 Å². The first-order valence-corrected chi connectivity index (χ1v) is 10.3. The van der Waals surface area contributed by atoms with E-state index in [9.17, 15) is 13.2 Å². The number of sulfonamides is 1. The van der Waals surface area contributed by atoms with Gasteiger partial charge in [0.25, 0.3) is 10.0 Å². The third kappa shape index (κ3) is 4.63. The SMILES string of the molecule is CCOC(=O)CN(c1cccc(Cl)c1Cl)S(=O)(=O)c1ccc(OC)c(OC)c1. The molecule has 0 saturated heterocycles. The molecule has 0 bridgehead atoms. The van der Waals surface area contributed by atoms with Crippen LogP contribution < -0.4 is 13.8 Å². The van der Waals surface area contributed by atoms with Gasteiger partial charge < -0.3 is 14.2 Å². The molecule has 0 N–H and O–H groups in total. The van der Waals surface area contributed by atoms with Crippen LogP contribution in [0.2, 0.25) is 10.0 Å². The van der Waals surface area contributed by atoms with Crippen LogP contribution in [0.15, 0.2) is 41.3 Å². The molecule has 0 amide bonds. The number of carbonyl (C=O) groups excluding carboxylic acids is 1. The zero-order chi connectivity index (χ0) is 20.9. The van der Waals surface area contributed by atoms with Gasteiger partial charge in [-0.15, -0.1) is 0 Å². The summed E-state index contributed by atoms with van der Waals surface area (Å²) >= 11 is 12.2. The largest absolute Gasteiger partial charge is 0.493 e. The van der Waals surface area contributed by atoms with Crippen molar-refractivity contribution in [1.82, 2.24) is 0 Å². The highest BCUT2D eigenvalue weighted by atomic mass is 35.5. The molecule has 0 fully saturated rings. The van der Waals surface area contributed by atoms with Gasteiger partial charge in [0.2, 0.25) is 0 Å². The third-order valence-electron chi connectivity index (χ3n) is 3.72. The number of ether oxygens (including phenoxy) is 3. The van der Waals surface area contributed by atoms with Gasteiger partial charge in [0.15, 0.2) is 11.5 Å². The number of benzene rings is 2. The first-order valence-electron chi connectivity index (χ1n) is 8.10. The Hall–Kier alpha value is -2.16. The number of halogens is 2. The maximum absolute atomic E-state index is 13.3. The number of hydrogen-bond donors (Lipinski definition) is 0. The predicted octanol–water partition coefficient (Wildman–Crippen LogP) is 3.77. The summed E-state index contributed by atoms with van der Waals surface area (Å²) in [4.78, 5) is 12.0. The molecule has 0 spiro atoms. The van der Waals surface area contributed by atoms with Crippen LogP contribution in [0, 0.1) is 0 Å². The van der Waals surface area contributed by atoms with Crippen molar-refractivity contribution in [3.05, 3.63) is 46.4 Å². The van der Waals surface area contributed by atoms with Crippen LogP contribution in [0.25, 0.3) is 0 Å². The van der Waals surface area contributed by atoms with E-state index in [1.165, 1.54) is 50.6 Å². The first-order chi connectivity index (χ1) is 13.3. The van der Waals surface area contributed by atoms with Crippen LogP contribution in [0.4, 0.5) is 5.69 Å². The molecule has 0 aromatic heterocycles. The van der Waals surface area contributed by atoms with Gasteiger partial charge in [-0.25, -0.2) is 8.42 Å². The third-order valence-corrected chi connectivity index (χ3v) is 6.29. The Morgan fingerprint density at radius 1 is 1.07 bits per heavy atom. The fourth-order valence-corrected chi connectivity index (χ4v) is 4.30. The molecule has 0 saturated carbocycles. The van der Waals surface area contributed by atoms with Crippen molar-refractivity contribution in [3.8, 4) is 11.5 Å². The van der Waals surface area contributed by atoms with E-state index in [4.69, 9.17) is 37.4 Å². The lowest BCUT2D eigenvalue weighted by molar-refractivity contribution is -0.141. The van der Waals surface area contributed by atoms with Gasteiger partial charge in [0.1, 0.15) is 6.54 Å². The summed E-state index contributed by atoms with van der Waals surface area (Å²) < 4.78 is 42.7. The van der Waals surface area contributed by atoms with E-state index < -0.39 is 22.5 Å². The maximum Gasteiger partial charge on any atom is 0.326 e. The molecule has 152 valence electrons. The van der Waals surface area contributed by atoms with E-state index in [1.807, 2.05) is 0 Å². The van der Waals surface area contributed by atoms with Crippen LogP contribution in [0.1, 0.15) is 6.92 Å². The minimum atomic E-state index is -4.21. The van der Waals surface area contributed by atoms with Crippen LogP contribution >= 0.6 is 23.2 Å². The topological polar surface area (TPSA) is 82.1 Å². The highest BCUT2D eigenvalue weighted by Crippen LogP contribution is 2.37. The van der Waals surface area contributed by atoms with E-state index in [2.05, 4.69) is 0 Å². The number of hydrogen-bond acceptors (Lipinski definition) is 6. The van der Waals surface area contributed by atoms with Gasteiger partial charge in [-0.3, -0.25) is 9.10 Å². The molecule has 2 aromatic carbocycles. The summed E-state index contributed by atoms with van der Waals surface area (Å²) in [7, 11) is -1.39. The lowest BCUT2D eigenvalue weighted by atomic mass is 10.3. The zero-order valence-electron chi connectivity index (χ0n) is 15.4. The van der Waals surface area contributed by atoms with E-state index in [0.29, 0.717) is 5.75 Å².